The van der Waals surface area contributed by atoms with Gasteiger partial charge in [-0.2, -0.15) is 0 Å². The molecule has 1 N–H and O–H groups in total. The van der Waals surface area contributed by atoms with Gasteiger partial charge in [-0.15, -0.1) is 0 Å². The molecule has 2 rings (SSSR count). The first kappa shape index (κ1) is 13.1. The number of halogens is 1. The lowest BCUT2D eigenvalue weighted by atomic mass is 9.77. The van der Waals surface area contributed by atoms with Crippen LogP contribution in [0, 0.1) is 11.8 Å². The van der Waals surface area contributed by atoms with Gasteiger partial charge in [0.25, 0.3) is 0 Å². The standard InChI is InChI=1S/C15H22BrN/c1-11-3-5-12(6-4-11)15(17-2)13-7-9-14(16)10-8-13/h7-12,15,17H,3-6H2,1-2H3. The minimum Gasteiger partial charge on any atom is -0.313 e. The Bertz CT molecular complexity index is 338. The maximum Gasteiger partial charge on any atom is 0.0346 e. The third kappa shape index (κ3) is 3.32. The van der Waals surface area contributed by atoms with Crippen LogP contribution in [0.1, 0.15) is 44.2 Å². The Morgan fingerprint density at radius 3 is 2.24 bits per heavy atom. The molecule has 0 aliphatic heterocycles. The topological polar surface area (TPSA) is 12.0 Å². The highest BCUT2D eigenvalue weighted by Gasteiger charge is 2.25. The SMILES string of the molecule is CNC(c1ccc(Br)cc1)C1CCC(C)CC1. The van der Waals surface area contributed by atoms with Gasteiger partial charge >= 0.3 is 0 Å². The predicted octanol–water partition coefficient (Wildman–Crippen LogP) is 4.54. The van der Waals surface area contributed by atoms with Crippen molar-refractivity contribution in [2.75, 3.05) is 7.05 Å². The molecule has 0 amide bonds. The first-order chi connectivity index (χ1) is 8.20. The fourth-order valence-corrected chi connectivity index (χ4v) is 3.23. The van der Waals surface area contributed by atoms with E-state index in [4.69, 9.17) is 0 Å². The number of hydrogen-bond donors (Lipinski definition) is 1. The highest BCUT2D eigenvalue weighted by Crippen LogP contribution is 2.36. The Balaban J connectivity index is 2.08. The van der Waals surface area contributed by atoms with E-state index < -0.39 is 0 Å². The summed E-state index contributed by atoms with van der Waals surface area (Å²) in [4.78, 5) is 0. The lowest BCUT2D eigenvalue weighted by Gasteiger charge is -2.33. The van der Waals surface area contributed by atoms with Crippen molar-refractivity contribution in [3.05, 3.63) is 34.3 Å². The zero-order valence-electron chi connectivity index (χ0n) is 10.7. The third-order valence-corrected chi connectivity index (χ3v) is 4.60. The molecular weight excluding hydrogens is 274 g/mol. The molecule has 1 fully saturated rings. The molecule has 1 nitrogen and oxygen atoms in total. The Labute approximate surface area is 113 Å². The quantitative estimate of drug-likeness (QED) is 0.863. The third-order valence-electron chi connectivity index (χ3n) is 4.07. The van der Waals surface area contributed by atoms with Crippen LogP contribution in [0.2, 0.25) is 0 Å². The van der Waals surface area contributed by atoms with Crippen molar-refractivity contribution in [2.24, 2.45) is 11.8 Å². The van der Waals surface area contributed by atoms with E-state index in [0.717, 1.165) is 16.3 Å². The van der Waals surface area contributed by atoms with Crippen molar-refractivity contribution >= 4 is 15.9 Å². The normalized spacial score (nSPS) is 26.8. The number of rotatable bonds is 3. The highest BCUT2D eigenvalue weighted by atomic mass is 79.9. The van der Waals surface area contributed by atoms with Crippen LogP contribution in [0.4, 0.5) is 0 Å². The molecule has 1 aliphatic carbocycles. The first-order valence-electron chi connectivity index (χ1n) is 6.63. The van der Waals surface area contributed by atoms with Crippen molar-refractivity contribution in [1.29, 1.82) is 0 Å². The summed E-state index contributed by atoms with van der Waals surface area (Å²) in [6, 6.07) is 9.29. The van der Waals surface area contributed by atoms with Gasteiger partial charge in [-0.05, 0) is 49.4 Å². The molecule has 0 spiro atoms. The average molecular weight is 296 g/mol. The molecule has 1 unspecified atom stereocenters. The van der Waals surface area contributed by atoms with E-state index in [1.165, 1.54) is 31.2 Å². The lowest BCUT2D eigenvalue weighted by molar-refractivity contribution is 0.238. The van der Waals surface area contributed by atoms with E-state index in [-0.39, 0.29) is 0 Å². The van der Waals surface area contributed by atoms with Gasteiger partial charge < -0.3 is 5.32 Å². The number of nitrogens with one attached hydrogen (secondary N) is 1. The van der Waals surface area contributed by atoms with Crippen LogP contribution < -0.4 is 5.32 Å². The minimum absolute atomic E-state index is 0.524. The molecule has 1 aromatic carbocycles. The fraction of sp³-hybridized carbons (Fsp3) is 0.600. The van der Waals surface area contributed by atoms with Crippen LogP contribution in [0.15, 0.2) is 28.7 Å². The van der Waals surface area contributed by atoms with Gasteiger partial charge in [0.1, 0.15) is 0 Å². The highest BCUT2D eigenvalue weighted by molar-refractivity contribution is 9.10. The molecule has 1 aromatic rings. The molecular formula is C15H22BrN. The van der Waals surface area contributed by atoms with Crippen LogP contribution in [-0.2, 0) is 0 Å². The van der Waals surface area contributed by atoms with Gasteiger partial charge in [-0.3, -0.25) is 0 Å². The van der Waals surface area contributed by atoms with E-state index in [2.05, 4.69) is 59.5 Å². The molecule has 0 bridgehead atoms. The molecule has 2 heteroatoms. The summed E-state index contributed by atoms with van der Waals surface area (Å²) in [5, 5.41) is 3.51. The molecule has 0 aromatic heterocycles. The molecule has 1 atom stereocenters. The molecule has 0 radical (unpaired) electrons. The van der Waals surface area contributed by atoms with Crippen LogP contribution in [-0.4, -0.2) is 7.05 Å². The zero-order valence-corrected chi connectivity index (χ0v) is 12.3. The average Bonchev–Trinajstić information content (AvgIpc) is 2.35. The maximum absolute atomic E-state index is 3.51. The first-order valence-corrected chi connectivity index (χ1v) is 7.42. The smallest absolute Gasteiger partial charge is 0.0346 e. The molecule has 94 valence electrons. The largest absolute Gasteiger partial charge is 0.313 e. The van der Waals surface area contributed by atoms with E-state index in [1.54, 1.807) is 0 Å². The monoisotopic (exact) mass is 295 g/mol. The van der Waals surface area contributed by atoms with Crippen molar-refractivity contribution in [3.8, 4) is 0 Å². The van der Waals surface area contributed by atoms with E-state index in [1.807, 2.05) is 0 Å². The minimum atomic E-state index is 0.524. The zero-order chi connectivity index (χ0) is 12.3. The molecule has 17 heavy (non-hydrogen) atoms. The van der Waals surface area contributed by atoms with E-state index in [0.29, 0.717) is 6.04 Å². The van der Waals surface area contributed by atoms with Crippen molar-refractivity contribution in [2.45, 2.75) is 38.6 Å². The second-order valence-electron chi connectivity index (χ2n) is 5.34. The lowest BCUT2D eigenvalue weighted by Crippen LogP contribution is -2.28. The summed E-state index contributed by atoms with van der Waals surface area (Å²) in [5.74, 6) is 1.73. The Hall–Kier alpha value is -0.340. The van der Waals surface area contributed by atoms with Gasteiger partial charge in [0.2, 0.25) is 0 Å². The summed E-state index contributed by atoms with van der Waals surface area (Å²) in [6.07, 6.45) is 5.50. The van der Waals surface area contributed by atoms with Crippen molar-refractivity contribution in [1.82, 2.24) is 5.32 Å². The van der Waals surface area contributed by atoms with E-state index >= 15 is 0 Å². The second kappa shape index (κ2) is 6.01. The van der Waals surface area contributed by atoms with Crippen LogP contribution in [0.5, 0.6) is 0 Å². The van der Waals surface area contributed by atoms with Crippen molar-refractivity contribution < 1.29 is 0 Å². The maximum atomic E-state index is 3.51. The second-order valence-corrected chi connectivity index (χ2v) is 6.25. The summed E-state index contributed by atoms with van der Waals surface area (Å²) in [5.41, 5.74) is 1.43. The number of hydrogen-bond acceptors (Lipinski definition) is 1. The molecule has 1 aliphatic rings. The number of benzene rings is 1. The Morgan fingerprint density at radius 2 is 1.71 bits per heavy atom. The summed E-state index contributed by atoms with van der Waals surface area (Å²) in [6.45, 7) is 2.38. The van der Waals surface area contributed by atoms with Crippen LogP contribution in [0.3, 0.4) is 0 Å². The van der Waals surface area contributed by atoms with Gasteiger partial charge in [0, 0.05) is 10.5 Å². The summed E-state index contributed by atoms with van der Waals surface area (Å²) >= 11 is 3.50. The van der Waals surface area contributed by atoms with Gasteiger partial charge in [-0.25, -0.2) is 0 Å². The van der Waals surface area contributed by atoms with Gasteiger partial charge in [0.05, 0.1) is 0 Å². The summed E-state index contributed by atoms with van der Waals surface area (Å²) < 4.78 is 1.16. The van der Waals surface area contributed by atoms with Crippen LogP contribution >= 0.6 is 15.9 Å². The van der Waals surface area contributed by atoms with Crippen LogP contribution in [0.25, 0.3) is 0 Å². The molecule has 0 heterocycles. The van der Waals surface area contributed by atoms with E-state index in [9.17, 15) is 0 Å². The summed E-state index contributed by atoms with van der Waals surface area (Å²) in [7, 11) is 2.09. The van der Waals surface area contributed by atoms with Gasteiger partial charge in [0.15, 0.2) is 0 Å². The Kier molecular flexibility index (Phi) is 4.63. The molecule has 1 saturated carbocycles. The Morgan fingerprint density at radius 1 is 1.12 bits per heavy atom. The molecule has 0 saturated heterocycles. The fourth-order valence-electron chi connectivity index (χ4n) is 2.96. The predicted molar refractivity (Wildman–Crippen MR) is 77.1 cm³/mol. The van der Waals surface area contributed by atoms with Gasteiger partial charge in [-0.1, -0.05) is 47.8 Å². The van der Waals surface area contributed by atoms with Crippen molar-refractivity contribution in [3.63, 3.8) is 0 Å².